The van der Waals surface area contributed by atoms with Crippen LogP contribution in [0.25, 0.3) is 110 Å². The van der Waals surface area contributed by atoms with Gasteiger partial charge in [-0.3, -0.25) is 0 Å². The predicted molar refractivity (Wildman–Crippen MR) is 233 cm³/mol. The zero-order valence-corrected chi connectivity index (χ0v) is 30.9. The Balaban J connectivity index is 1.06. The molecule has 56 heavy (non-hydrogen) atoms. The van der Waals surface area contributed by atoms with Crippen LogP contribution in [0.5, 0.6) is 0 Å². The lowest BCUT2D eigenvalue weighted by molar-refractivity contribution is 0.669. The van der Waals surface area contributed by atoms with Crippen LogP contribution in [0.3, 0.4) is 0 Å². The molecule has 262 valence electrons. The number of thiophene rings is 1. The molecule has 4 nitrogen and oxygen atoms in total. The van der Waals surface area contributed by atoms with E-state index < -0.39 is 0 Å². The SMILES string of the molecule is c1ccc(-c2ccc(-c3nc(-c4ccccc4)nc(-c4cccc5c4oc4ccc(-c6cc(-c7ccccc7)c7sc8ccccc8c7c6)cc45)n3)cc2)cc1. The number of hydrogen-bond acceptors (Lipinski definition) is 5. The lowest BCUT2D eigenvalue weighted by atomic mass is 9.95. The van der Waals surface area contributed by atoms with Gasteiger partial charge in [-0.2, -0.15) is 0 Å². The summed E-state index contributed by atoms with van der Waals surface area (Å²) in [5.74, 6) is 1.78. The summed E-state index contributed by atoms with van der Waals surface area (Å²) in [6.07, 6.45) is 0. The summed E-state index contributed by atoms with van der Waals surface area (Å²) in [6, 6.07) is 65.7. The minimum Gasteiger partial charge on any atom is -0.455 e. The quantitative estimate of drug-likeness (QED) is 0.171. The van der Waals surface area contributed by atoms with E-state index in [0.29, 0.717) is 17.5 Å². The Hall–Kier alpha value is -7.21. The summed E-state index contributed by atoms with van der Waals surface area (Å²) < 4.78 is 9.29. The Labute approximate surface area is 327 Å². The number of para-hydroxylation sites is 1. The molecule has 5 heteroatoms. The molecule has 0 saturated heterocycles. The molecular formula is C51H31N3OS. The van der Waals surface area contributed by atoms with E-state index in [1.165, 1.54) is 36.9 Å². The molecule has 0 aliphatic rings. The molecule has 3 heterocycles. The average molecular weight is 734 g/mol. The molecule has 0 bridgehead atoms. The van der Waals surface area contributed by atoms with Gasteiger partial charge < -0.3 is 4.42 Å². The summed E-state index contributed by atoms with van der Waals surface area (Å²) in [5, 5.41) is 4.62. The molecule has 0 spiro atoms. The lowest BCUT2D eigenvalue weighted by Gasteiger charge is -2.09. The second-order valence-electron chi connectivity index (χ2n) is 14.0. The highest BCUT2D eigenvalue weighted by molar-refractivity contribution is 7.26. The van der Waals surface area contributed by atoms with Crippen molar-refractivity contribution in [3.05, 3.63) is 188 Å². The molecule has 0 radical (unpaired) electrons. The maximum Gasteiger partial charge on any atom is 0.167 e. The Bertz CT molecular complexity index is 3230. The van der Waals surface area contributed by atoms with Gasteiger partial charge in [-0.1, -0.05) is 152 Å². The Kier molecular flexibility index (Phi) is 7.64. The van der Waals surface area contributed by atoms with Gasteiger partial charge in [0.2, 0.25) is 0 Å². The molecule has 3 aromatic heterocycles. The van der Waals surface area contributed by atoms with Gasteiger partial charge in [0, 0.05) is 47.6 Å². The first-order chi connectivity index (χ1) is 27.7. The van der Waals surface area contributed by atoms with Gasteiger partial charge in [0.05, 0.1) is 5.56 Å². The standard InChI is InChI=1S/C51H31N3OS/c1-4-13-32(14-5-1)33-23-25-36(26-24-33)50-52-49(35-17-8-3-9-18-35)53-51(54-50)41-21-12-20-40-43-29-37(27-28-45(43)55-47(40)41)38-30-42(34-15-6-2-7-16-34)48-44(31-38)39-19-10-11-22-46(39)56-48/h1-31H. The fraction of sp³-hybridized carbons (Fsp3) is 0. The van der Waals surface area contributed by atoms with Crippen LogP contribution in [0.1, 0.15) is 0 Å². The van der Waals surface area contributed by atoms with Crippen molar-refractivity contribution >= 4 is 53.4 Å². The second kappa shape index (κ2) is 13.3. The lowest BCUT2D eigenvalue weighted by Crippen LogP contribution is -2.00. The van der Waals surface area contributed by atoms with Gasteiger partial charge in [0.25, 0.3) is 0 Å². The van der Waals surface area contributed by atoms with Crippen LogP contribution in [0.2, 0.25) is 0 Å². The van der Waals surface area contributed by atoms with Crippen LogP contribution in [-0.2, 0) is 0 Å². The first-order valence-corrected chi connectivity index (χ1v) is 19.5. The van der Waals surface area contributed by atoms with Crippen molar-refractivity contribution in [2.45, 2.75) is 0 Å². The maximum absolute atomic E-state index is 6.69. The molecule has 0 atom stereocenters. The molecule has 0 aliphatic heterocycles. The molecule has 8 aromatic carbocycles. The summed E-state index contributed by atoms with van der Waals surface area (Å²) >= 11 is 1.86. The number of rotatable bonds is 6. The number of hydrogen-bond donors (Lipinski definition) is 0. The van der Waals surface area contributed by atoms with E-state index >= 15 is 0 Å². The van der Waals surface area contributed by atoms with E-state index in [2.05, 4.69) is 146 Å². The van der Waals surface area contributed by atoms with E-state index in [1.807, 2.05) is 53.8 Å². The third-order valence-electron chi connectivity index (χ3n) is 10.6. The van der Waals surface area contributed by atoms with Crippen molar-refractivity contribution in [2.75, 3.05) is 0 Å². The highest BCUT2D eigenvalue weighted by atomic mass is 32.1. The highest BCUT2D eigenvalue weighted by Gasteiger charge is 2.19. The van der Waals surface area contributed by atoms with Crippen LogP contribution in [0, 0.1) is 0 Å². The number of nitrogens with zero attached hydrogens (tertiary/aromatic N) is 3. The van der Waals surface area contributed by atoms with E-state index in [0.717, 1.165) is 55.3 Å². The number of fused-ring (bicyclic) bond motifs is 6. The Morgan fingerprint density at radius 2 is 0.893 bits per heavy atom. The van der Waals surface area contributed by atoms with Crippen LogP contribution in [0.4, 0.5) is 0 Å². The largest absolute Gasteiger partial charge is 0.455 e. The average Bonchev–Trinajstić information content (AvgIpc) is 3.85. The second-order valence-corrected chi connectivity index (χ2v) is 15.0. The molecule has 0 fully saturated rings. The van der Waals surface area contributed by atoms with E-state index in [1.54, 1.807) is 0 Å². The topological polar surface area (TPSA) is 51.8 Å². The van der Waals surface area contributed by atoms with Crippen molar-refractivity contribution in [3.8, 4) is 67.5 Å². The summed E-state index contributed by atoms with van der Waals surface area (Å²) in [6.45, 7) is 0. The first-order valence-electron chi connectivity index (χ1n) is 18.7. The Morgan fingerprint density at radius 3 is 1.64 bits per heavy atom. The van der Waals surface area contributed by atoms with Crippen molar-refractivity contribution < 1.29 is 4.42 Å². The van der Waals surface area contributed by atoms with Crippen molar-refractivity contribution in [1.82, 2.24) is 15.0 Å². The first kappa shape index (κ1) is 32.2. The van der Waals surface area contributed by atoms with Crippen LogP contribution in [-0.4, -0.2) is 15.0 Å². The van der Waals surface area contributed by atoms with Crippen molar-refractivity contribution in [3.63, 3.8) is 0 Å². The molecule has 0 amide bonds. The van der Waals surface area contributed by atoms with Gasteiger partial charge in [0.1, 0.15) is 11.2 Å². The molecule has 0 aliphatic carbocycles. The van der Waals surface area contributed by atoms with Gasteiger partial charge in [-0.15, -0.1) is 11.3 Å². The molecule has 0 saturated carbocycles. The van der Waals surface area contributed by atoms with Crippen LogP contribution in [0.15, 0.2) is 192 Å². The van der Waals surface area contributed by atoms with Gasteiger partial charge in [-0.25, -0.2) is 15.0 Å². The van der Waals surface area contributed by atoms with Crippen molar-refractivity contribution in [1.29, 1.82) is 0 Å². The van der Waals surface area contributed by atoms with Crippen LogP contribution < -0.4 is 0 Å². The molecule has 0 unspecified atom stereocenters. The highest BCUT2D eigenvalue weighted by Crippen LogP contribution is 2.44. The summed E-state index contributed by atoms with van der Waals surface area (Å²) in [5.41, 5.74) is 11.3. The van der Waals surface area contributed by atoms with Gasteiger partial charge in [0.15, 0.2) is 17.5 Å². The molecule has 0 N–H and O–H groups in total. The van der Waals surface area contributed by atoms with Gasteiger partial charge >= 0.3 is 0 Å². The number of aromatic nitrogens is 3. The zero-order valence-electron chi connectivity index (χ0n) is 30.1. The molecule has 11 aromatic rings. The third kappa shape index (κ3) is 5.56. The third-order valence-corrected chi connectivity index (χ3v) is 11.8. The smallest absolute Gasteiger partial charge is 0.167 e. The minimum atomic E-state index is 0.563. The van der Waals surface area contributed by atoms with E-state index in [-0.39, 0.29) is 0 Å². The summed E-state index contributed by atoms with van der Waals surface area (Å²) in [4.78, 5) is 15.1. The van der Waals surface area contributed by atoms with Crippen molar-refractivity contribution in [2.24, 2.45) is 0 Å². The molecular weight excluding hydrogens is 703 g/mol. The van der Waals surface area contributed by atoms with E-state index in [4.69, 9.17) is 19.4 Å². The maximum atomic E-state index is 6.69. The minimum absolute atomic E-state index is 0.563. The van der Waals surface area contributed by atoms with Crippen LogP contribution >= 0.6 is 11.3 Å². The monoisotopic (exact) mass is 733 g/mol. The molecule has 11 rings (SSSR count). The fourth-order valence-electron chi connectivity index (χ4n) is 7.76. The zero-order chi connectivity index (χ0) is 37.0. The fourth-order valence-corrected chi connectivity index (χ4v) is 8.98. The summed E-state index contributed by atoms with van der Waals surface area (Å²) in [7, 11) is 0. The Morgan fingerprint density at radius 1 is 0.339 bits per heavy atom. The number of benzene rings is 8. The van der Waals surface area contributed by atoms with Gasteiger partial charge in [-0.05, 0) is 64.2 Å². The number of furan rings is 1. The van der Waals surface area contributed by atoms with E-state index in [9.17, 15) is 0 Å². The normalized spacial score (nSPS) is 11.6. The predicted octanol–water partition coefficient (Wildman–Crippen LogP) is 14.1.